The Kier molecular flexibility index (Phi) is 4.81. The minimum Gasteiger partial charge on any atom is -0.312 e. The van der Waals surface area contributed by atoms with Gasteiger partial charge in [0.15, 0.2) is 0 Å². The van der Waals surface area contributed by atoms with Crippen molar-refractivity contribution in [1.82, 2.24) is 10.2 Å². The molecule has 0 aromatic rings. The summed E-state index contributed by atoms with van der Waals surface area (Å²) < 4.78 is 0. The Labute approximate surface area is 94.7 Å². The summed E-state index contributed by atoms with van der Waals surface area (Å²) in [5.74, 6) is 0. The number of rotatable bonds is 6. The summed E-state index contributed by atoms with van der Waals surface area (Å²) in [5, 5.41) is 3.41. The summed E-state index contributed by atoms with van der Waals surface area (Å²) in [5.41, 5.74) is 0.285. The van der Waals surface area contributed by atoms with Crippen LogP contribution in [0.5, 0.6) is 0 Å². The molecule has 0 aliphatic carbocycles. The van der Waals surface area contributed by atoms with Gasteiger partial charge in [-0.2, -0.15) is 0 Å². The summed E-state index contributed by atoms with van der Waals surface area (Å²) in [7, 11) is 2.04. The van der Waals surface area contributed by atoms with Crippen molar-refractivity contribution < 1.29 is 0 Å². The highest BCUT2D eigenvalue weighted by Crippen LogP contribution is 2.31. The molecule has 88 valence electrons. The molecule has 1 aliphatic rings. The molecule has 0 amide bonds. The van der Waals surface area contributed by atoms with Crippen LogP contribution >= 0.6 is 0 Å². The largest absolute Gasteiger partial charge is 0.312 e. The molecule has 0 saturated carbocycles. The van der Waals surface area contributed by atoms with Gasteiger partial charge in [-0.3, -0.25) is 4.90 Å². The highest BCUT2D eigenvalue weighted by molar-refractivity contribution is 5.07. The standard InChI is InChI=1S/C13H26N2/c1-5-12(14-4)13(6-2,7-3)15-10-8-9-11-15/h5,12,14H,1,6-11H2,2-4H3. The van der Waals surface area contributed by atoms with Crippen LogP contribution in [0.4, 0.5) is 0 Å². The Morgan fingerprint density at radius 3 is 2.20 bits per heavy atom. The molecule has 0 aromatic carbocycles. The average molecular weight is 210 g/mol. The molecule has 0 spiro atoms. The van der Waals surface area contributed by atoms with Gasteiger partial charge in [-0.05, 0) is 45.8 Å². The minimum absolute atomic E-state index is 0.285. The average Bonchev–Trinajstić information content (AvgIpc) is 2.80. The topological polar surface area (TPSA) is 15.3 Å². The first-order valence-electron chi connectivity index (χ1n) is 6.30. The SMILES string of the molecule is C=CC(NC)C(CC)(CC)N1CCCC1. The van der Waals surface area contributed by atoms with E-state index in [1.54, 1.807) is 0 Å². The van der Waals surface area contributed by atoms with E-state index >= 15 is 0 Å². The third kappa shape index (κ3) is 2.26. The van der Waals surface area contributed by atoms with Crippen molar-refractivity contribution in [2.75, 3.05) is 20.1 Å². The number of nitrogens with zero attached hydrogens (tertiary/aromatic N) is 1. The van der Waals surface area contributed by atoms with Crippen molar-refractivity contribution in [2.45, 2.75) is 51.1 Å². The van der Waals surface area contributed by atoms with Gasteiger partial charge in [0.05, 0.1) is 0 Å². The molecule has 1 aliphatic heterocycles. The van der Waals surface area contributed by atoms with Crippen molar-refractivity contribution in [2.24, 2.45) is 0 Å². The fourth-order valence-electron chi connectivity index (χ4n) is 3.10. The predicted octanol–water partition coefficient (Wildman–Crippen LogP) is 2.42. The first-order valence-corrected chi connectivity index (χ1v) is 6.30. The minimum atomic E-state index is 0.285. The summed E-state index contributed by atoms with van der Waals surface area (Å²) in [6, 6.07) is 0.408. The normalized spacial score (nSPS) is 20.5. The third-order valence-corrected chi connectivity index (χ3v) is 4.09. The lowest BCUT2D eigenvalue weighted by Gasteiger charge is -2.45. The highest BCUT2D eigenvalue weighted by atomic mass is 15.2. The van der Waals surface area contributed by atoms with Gasteiger partial charge < -0.3 is 5.32 Å². The van der Waals surface area contributed by atoms with Crippen molar-refractivity contribution in [3.05, 3.63) is 12.7 Å². The van der Waals surface area contributed by atoms with Gasteiger partial charge in [0.2, 0.25) is 0 Å². The first-order chi connectivity index (χ1) is 7.25. The van der Waals surface area contributed by atoms with Gasteiger partial charge in [-0.1, -0.05) is 19.9 Å². The molecule has 0 aromatic heterocycles. The maximum atomic E-state index is 3.98. The molecule has 15 heavy (non-hydrogen) atoms. The zero-order chi connectivity index (χ0) is 11.3. The second kappa shape index (κ2) is 5.66. The van der Waals surface area contributed by atoms with E-state index in [9.17, 15) is 0 Å². The Morgan fingerprint density at radius 1 is 1.33 bits per heavy atom. The van der Waals surface area contributed by atoms with Crippen molar-refractivity contribution in [1.29, 1.82) is 0 Å². The van der Waals surface area contributed by atoms with Gasteiger partial charge in [0, 0.05) is 11.6 Å². The molecule has 0 bridgehead atoms. The van der Waals surface area contributed by atoms with Crippen LogP contribution in [0.25, 0.3) is 0 Å². The third-order valence-electron chi connectivity index (χ3n) is 4.09. The van der Waals surface area contributed by atoms with Crippen LogP contribution in [0.2, 0.25) is 0 Å². The van der Waals surface area contributed by atoms with Gasteiger partial charge in [-0.25, -0.2) is 0 Å². The van der Waals surface area contributed by atoms with E-state index in [4.69, 9.17) is 0 Å². The molecule has 1 heterocycles. The second-order valence-corrected chi connectivity index (χ2v) is 4.51. The van der Waals surface area contributed by atoms with Crippen LogP contribution in [0.3, 0.4) is 0 Å². The van der Waals surface area contributed by atoms with Crippen LogP contribution < -0.4 is 5.32 Å². The number of hydrogen-bond donors (Lipinski definition) is 1. The molecule has 2 heteroatoms. The molecule has 1 unspecified atom stereocenters. The molecular weight excluding hydrogens is 184 g/mol. The zero-order valence-electron chi connectivity index (χ0n) is 10.6. The quantitative estimate of drug-likeness (QED) is 0.677. The molecule has 1 saturated heterocycles. The monoisotopic (exact) mass is 210 g/mol. The molecule has 0 radical (unpaired) electrons. The van der Waals surface area contributed by atoms with Gasteiger partial charge in [-0.15, -0.1) is 6.58 Å². The molecule has 1 atom stereocenters. The Balaban J connectivity index is 2.87. The first kappa shape index (κ1) is 12.7. The van der Waals surface area contributed by atoms with Gasteiger partial charge >= 0.3 is 0 Å². The Morgan fingerprint density at radius 2 is 1.87 bits per heavy atom. The summed E-state index contributed by atoms with van der Waals surface area (Å²) in [6.45, 7) is 11.1. The predicted molar refractivity (Wildman–Crippen MR) is 67.2 cm³/mol. The van der Waals surface area contributed by atoms with Crippen LogP contribution in [0.1, 0.15) is 39.5 Å². The van der Waals surface area contributed by atoms with E-state index in [0.717, 1.165) is 0 Å². The van der Waals surface area contributed by atoms with Crippen molar-refractivity contribution in [3.63, 3.8) is 0 Å². The van der Waals surface area contributed by atoms with E-state index in [1.165, 1.54) is 38.8 Å². The number of hydrogen-bond acceptors (Lipinski definition) is 2. The lowest BCUT2D eigenvalue weighted by atomic mass is 9.83. The zero-order valence-corrected chi connectivity index (χ0v) is 10.6. The summed E-state index contributed by atoms with van der Waals surface area (Å²) >= 11 is 0. The Hall–Kier alpha value is -0.340. The van der Waals surface area contributed by atoms with Crippen molar-refractivity contribution in [3.8, 4) is 0 Å². The smallest absolute Gasteiger partial charge is 0.0431 e. The molecule has 1 fully saturated rings. The van der Waals surface area contributed by atoms with Gasteiger partial charge in [0.1, 0.15) is 0 Å². The van der Waals surface area contributed by atoms with E-state index < -0.39 is 0 Å². The lowest BCUT2D eigenvalue weighted by Crippen LogP contribution is -2.58. The summed E-state index contributed by atoms with van der Waals surface area (Å²) in [4.78, 5) is 2.66. The highest BCUT2D eigenvalue weighted by Gasteiger charge is 2.39. The molecule has 2 nitrogen and oxygen atoms in total. The van der Waals surface area contributed by atoms with E-state index in [0.29, 0.717) is 6.04 Å². The maximum Gasteiger partial charge on any atom is 0.0431 e. The number of likely N-dealkylation sites (N-methyl/N-ethyl adjacent to an activating group) is 1. The van der Waals surface area contributed by atoms with E-state index in [2.05, 4.69) is 36.7 Å². The number of nitrogens with one attached hydrogen (secondary N) is 1. The maximum absolute atomic E-state index is 3.98. The lowest BCUT2D eigenvalue weighted by molar-refractivity contribution is 0.0817. The van der Waals surface area contributed by atoms with Crippen LogP contribution in [-0.4, -0.2) is 36.6 Å². The fraction of sp³-hybridized carbons (Fsp3) is 0.846. The Bertz CT molecular complexity index is 191. The van der Waals surface area contributed by atoms with Crippen molar-refractivity contribution >= 4 is 0 Å². The summed E-state index contributed by atoms with van der Waals surface area (Å²) in [6.07, 6.45) is 7.18. The molecule has 1 N–H and O–H groups in total. The second-order valence-electron chi connectivity index (χ2n) is 4.51. The number of likely N-dealkylation sites (tertiary alicyclic amines) is 1. The van der Waals surface area contributed by atoms with E-state index in [-0.39, 0.29) is 5.54 Å². The van der Waals surface area contributed by atoms with E-state index in [1.807, 2.05) is 7.05 Å². The molecule has 1 rings (SSSR count). The van der Waals surface area contributed by atoms with Crippen LogP contribution in [0.15, 0.2) is 12.7 Å². The molecular formula is C13H26N2. The van der Waals surface area contributed by atoms with Gasteiger partial charge in [0.25, 0.3) is 0 Å². The van der Waals surface area contributed by atoms with Crippen LogP contribution in [0, 0.1) is 0 Å². The van der Waals surface area contributed by atoms with Crippen LogP contribution in [-0.2, 0) is 0 Å². The fourth-order valence-corrected chi connectivity index (χ4v) is 3.10.